The van der Waals surface area contributed by atoms with Crippen molar-refractivity contribution < 1.29 is 14.3 Å². The Bertz CT molecular complexity index is 1440. The number of ether oxygens (including phenoxy) is 1. The molecule has 4 rings (SSSR count). The van der Waals surface area contributed by atoms with Gasteiger partial charge in [0.25, 0.3) is 0 Å². The first-order chi connectivity index (χ1) is 19.7. The number of rotatable bonds is 9. The molecule has 1 saturated heterocycles. The van der Waals surface area contributed by atoms with E-state index in [-0.39, 0.29) is 11.9 Å². The Morgan fingerprint density at radius 2 is 2.07 bits per heavy atom. The number of nitriles is 1. The van der Waals surface area contributed by atoms with Crippen molar-refractivity contribution in [1.82, 2.24) is 25.1 Å². The van der Waals surface area contributed by atoms with E-state index in [1.165, 1.54) is 0 Å². The summed E-state index contributed by atoms with van der Waals surface area (Å²) in [5.41, 5.74) is 8.03. The van der Waals surface area contributed by atoms with Crippen LogP contribution in [0.25, 0.3) is 0 Å². The lowest BCUT2D eigenvalue weighted by atomic mass is 9.73. The van der Waals surface area contributed by atoms with Crippen molar-refractivity contribution in [1.29, 1.82) is 5.26 Å². The topological polar surface area (TPSA) is 138 Å². The maximum Gasteiger partial charge on any atom is 0.314 e. The highest BCUT2D eigenvalue weighted by Crippen LogP contribution is 2.40. The van der Waals surface area contributed by atoms with Gasteiger partial charge in [-0.25, -0.2) is 9.78 Å². The lowest BCUT2D eigenvalue weighted by molar-refractivity contribution is -0.137. The number of carbonyl (C=O) groups excluding carboxylic acids is 2. The van der Waals surface area contributed by atoms with E-state index in [9.17, 15) is 14.9 Å². The second kappa shape index (κ2) is 12.4. The summed E-state index contributed by atoms with van der Waals surface area (Å²) in [7, 11) is 3.45. The van der Waals surface area contributed by atoms with Gasteiger partial charge in [0.15, 0.2) is 0 Å². The highest BCUT2D eigenvalue weighted by atomic mass is 16.5. The van der Waals surface area contributed by atoms with Gasteiger partial charge < -0.3 is 30.6 Å². The van der Waals surface area contributed by atoms with Crippen molar-refractivity contribution in [2.45, 2.75) is 50.5 Å². The van der Waals surface area contributed by atoms with E-state index >= 15 is 0 Å². The van der Waals surface area contributed by atoms with Gasteiger partial charge in [-0.3, -0.25) is 4.79 Å². The smallest absolute Gasteiger partial charge is 0.314 e. The van der Waals surface area contributed by atoms with Crippen LogP contribution in [0.1, 0.15) is 61.9 Å². The van der Waals surface area contributed by atoms with Gasteiger partial charge in [-0.1, -0.05) is 31.5 Å². The molecule has 0 bridgehead atoms. The molecule has 1 fully saturated rings. The van der Waals surface area contributed by atoms with Crippen molar-refractivity contribution in [3.63, 3.8) is 0 Å². The number of carbonyl (C=O) groups is 2. The van der Waals surface area contributed by atoms with Crippen molar-refractivity contribution in [3.05, 3.63) is 77.4 Å². The van der Waals surface area contributed by atoms with Gasteiger partial charge in [0.2, 0.25) is 5.91 Å². The quantitative estimate of drug-likeness (QED) is 0.365. The number of nitrogens with two attached hydrogens (primary N) is 1. The van der Waals surface area contributed by atoms with Crippen LogP contribution in [0.2, 0.25) is 0 Å². The SMILES string of the molecule is CCC1(c2cccc(Oc3cc(C(C)(N)c4cncn4C)ccc3C#N)c2)CCCCN(CCNC(=O)NC)C1=O. The monoisotopic (exact) mass is 557 g/mol. The summed E-state index contributed by atoms with van der Waals surface area (Å²) in [6.07, 6.45) is 6.59. The molecule has 3 aromatic rings. The van der Waals surface area contributed by atoms with Gasteiger partial charge in [0.05, 0.1) is 34.7 Å². The Morgan fingerprint density at radius 3 is 2.76 bits per heavy atom. The molecule has 41 heavy (non-hydrogen) atoms. The van der Waals surface area contributed by atoms with E-state index in [1.54, 1.807) is 31.7 Å². The molecule has 1 aromatic heterocycles. The van der Waals surface area contributed by atoms with Crippen LogP contribution in [0.15, 0.2) is 55.0 Å². The van der Waals surface area contributed by atoms with E-state index < -0.39 is 11.0 Å². The summed E-state index contributed by atoms with van der Waals surface area (Å²) in [5, 5.41) is 15.1. The standard InChI is InChI=1S/C31H39N7O3/c1-5-31(13-6-7-15-38(28(31)39)16-14-36-29(40)34-3)24-9-8-10-25(17-24)41-26-18-23(12-11-22(26)19-32)30(2,33)27-20-35-21-37(27)4/h8-12,17-18,20-21H,5-7,13-16,33H2,1-4H3,(H2,34,36,40). The number of urea groups is 1. The maximum absolute atomic E-state index is 14.0. The molecule has 0 spiro atoms. The number of imidazole rings is 1. The number of nitrogens with one attached hydrogen (secondary N) is 2. The summed E-state index contributed by atoms with van der Waals surface area (Å²) in [6, 6.07) is 14.9. The summed E-state index contributed by atoms with van der Waals surface area (Å²) in [6.45, 7) is 5.40. The molecule has 1 aliphatic rings. The number of likely N-dealkylation sites (tertiary alicyclic amines) is 1. The van der Waals surface area contributed by atoms with Crippen LogP contribution in [-0.2, 0) is 22.8 Å². The van der Waals surface area contributed by atoms with Crippen molar-refractivity contribution in [2.24, 2.45) is 12.8 Å². The fourth-order valence-electron chi connectivity index (χ4n) is 5.66. The number of nitrogens with zero attached hydrogens (tertiary/aromatic N) is 4. The molecular formula is C31H39N7O3. The lowest BCUT2D eigenvalue weighted by Gasteiger charge is -2.35. The zero-order valence-electron chi connectivity index (χ0n) is 24.2. The third-order valence-corrected chi connectivity index (χ3v) is 8.14. The number of amides is 3. The molecule has 2 unspecified atom stereocenters. The predicted molar refractivity (Wildman–Crippen MR) is 156 cm³/mol. The van der Waals surface area contributed by atoms with Gasteiger partial charge >= 0.3 is 6.03 Å². The second-order valence-corrected chi connectivity index (χ2v) is 10.7. The van der Waals surface area contributed by atoms with Crippen LogP contribution in [0, 0.1) is 11.3 Å². The van der Waals surface area contributed by atoms with Crippen LogP contribution >= 0.6 is 0 Å². The molecule has 10 nitrogen and oxygen atoms in total. The summed E-state index contributed by atoms with van der Waals surface area (Å²) < 4.78 is 8.19. The Morgan fingerprint density at radius 1 is 1.27 bits per heavy atom. The number of hydrogen-bond acceptors (Lipinski definition) is 6. The van der Waals surface area contributed by atoms with E-state index in [0.29, 0.717) is 43.1 Å². The molecule has 0 radical (unpaired) electrons. The fraction of sp³-hybridized carbons (Fsp3) is 0.419. The first kappa shape index (κ1) is 29.6. The Balaban J connectivity index is 1.64. The van der Waals surface area contributed by atoms with Crippen LogP contribution < -0.4 is 21.1 Å². The average molecular weight is 558 g/mol. The molecule has 0 aliphatic carbocycles. The molecule has 4 N–H and O–H groups in total. The summed E-state index contributed by atoms with van der Waals surface area (Å²) >= 11 is 0. The molecule has 0 saturated carbocycles. The Hall–Kier alpha value is -4.36. The Kier molecular flexibility index (Phi) is 8.98. The van der Waals surface area contributed by atoms with E-state index in [4.69, 9.17) is 10.5 Å². The minimum absolute atomic E-state index is 0.0585. The number of benzene rings is 2. The van der Waals surface area contributed by atoms with Crippen LogP contribution in [0.5, 0.6) is 11.5 Å². The molecule has 216 valence electrons. The molecule has 1 aliphatic heterocycles. The van der Waals surface area contributed by atoms with E-state index in [0.717, 1.165) is 36.1 Å². The minimum atomic E-state index is -0.867. The molecule has 2 heterocycles. The van der Waals surface area contributed by atoms with Crippen LogP contribution in [-0.4, -0.2) is 53.1 Å². The number of aryl methyl sites for hydroxylation is 1. The van der Waals surface area contributed by atoms with Gasteiger partial charge in [-0.15, -0.1) is 0 Å². The van der Waals surface area contributed by atoms with Gasteiger partial charge in [0, 0.05) is 33.7 Å². The summed E-state index contributed by atoms with van der Waals surface area (Å²) in [5.74, 6) is 0.983. The predicted octanol–water partition coefficient (Wildman–Crippen LogP) is 3.90. The lowest BCUT2D eigenvalue weighted by Crippen LogP contribution is -2.48. The van der Waals surface area contributed by atoms with Crippen molar-refractivity contribution in [3.8, 4) is 17.6 Å². The van der Waals surface area contributed by atoms with E-state index in [1.807, 2.05) is 60.7 Å². The number of aromatic nitrogens is 2. The van der Waals surface area contributed by atoms with Gasteiger partial charge in [-0.05, 0) is 61.6 Å². The van der Waals surface area contributed by atoms with Gasteiger partial charge in [0.1, 0.15) is 17.6 Å². The molecule has 3 amide bonds. The van der Waals surface area contributed by atoms with Crippen LogP contribution in [0.4, 0.5) is 4.79 Å². The van der Waals surface area contributed by atoms with Crippen LogP contribution in [0.3, 0.4) is 0 Å². The molecular weight excluding hydrogens is 518 g/mol. The second-order valence-electron chi connectivity index (χ2n) is 10.7. The average Bonchev–Trinajstić information content (AvgIpc) is 3.35. The largest absolute Gasteiger partial charge is 0.456 e. The normalized spacial score (nSPS) is 18.6. The minimum Gasteiger partial charge on any atom is -0.456 e. The molecule has 10 heteroatoms. The van der Waals surface area contributed by atoms with E-state index in [2.05, 4.69) is 21.7 Å². The highest BCUT2D eigenvalue weighted by molar-refractivity contribution is 5.88. The van der Waals surface area contributed by atoms with Gasteiger partial charge in [-0.2, -0.15) is 5.26 Å². The Labute approximate surface area is 241 Å². The van der Waals surface area contributed by atoms with Crippen molar-refractivity contribution >= 4 is 11.9 Å². The third-order valence-electron chi connectivity index (χ3n) is 8.14. The maximum atomic E-state index is 14.0. The zero-order valence-corrected chi connectivity index (χ0v) is 24.2. The molecule has 2 atom stereocenters. The first-order valence-electron chi connectivity index (χ1n) is 14.0. The summed E-state index contributed by atoms with van der Waals surface area (Å²) in [4.78, 5) is 31.7. The zero-order chi connectivity index (χ0) is 29.6. The van der Waals surface area contributed by atoms with Crippen molar-refractivity contribution in [2.75, 3.05) is 26.7 Å². The molecule has 2 aromatic carbocycles. The fourth-order valence-corrected chi connectivity index (χ4v) is 5.66. The first-order valence-corrected chi connectivity index (χ1v) is 14.0. The highest BCUT2D eigenvalue weighted by Gasteiger charge is 2.42. The number of hydrogen-bond donors (Lipinski definition) is 3. The third kappa shape index (κ3) is 6.05.